The van der Waals surface area contributed by atoms with Gasteiger partial charge in [0.2, 0.25) is 11.8 Å². The summed E-state index contributed by atoms with van der Waals surface area (Å²) in [5.74, 6) is -0.562. The van der Waals surface area contributed by atoms with Gasteiger partial charge in [-0.25, -0.2) is 0 Å². The summed E-state index contributed by atoms with van der Waals surface area (Å²) in [4.78, 5) is 28.3. The van der Waals surface area contributed by atoms with Crippen molar-refractivity contribution in [2.45, 2.75) is 25.2 Å². The summed E-state index contributed by atoms with van der Waals surface area (Å²) >= 11 is 0. The van der Waals surface area contributed by atoms with E-state index in [1.165, 1.54) is 11.3 Å². The van der Waals surface area contributed by atoms with Crippen molar-refractivity contribution >= 4 is 23.2 Å². The van der Waals surface area contributed by atoms with Crippen LogP contribution in [0.3, 0.4) is 0 Å². The van der Waals surface area contributed by atoms with E-state index >= 15 is 0 Å². The van der Waals surface area contributed by atoms with Crippen molar-refractivity contribution in [1.29, 1.82) is 0 Å². The molecule has 1 unspecified atom stereocenters. The van der Waals surface area contributed by atoms with Gasteiger partial charge in [-0.15, -0.1) is 0 Å². The van der Waals surface area contributed by atoms with E-state index in [-0.39, 0.29) is 17.7 Å². The number of piperazine rings is 1. The molecule has 29 heavy (non-hydrogen) atoms. The normalized spacial score (nSPS) is 20.6. The summed E-state index contributed by atoms with van der Waals surface area (Å²) in [7, 11) is 0. The van der Waals surface area contributed by atoms with Crippen LogP contribution in [0.25, 0.3) is 0 Å². The average molecular weight is 393 g/mol. The van der Waals surface area contributed by atoms with Gasteiger partial charge in [-0.2, -0.15) is 0 Å². The van der Waals surface area contributed by atoms with E-state index in [0.717, 1.165) is 50.4 Å². The van der Waals surface area contributed by atoms with Crippen molar-refractivity contribution in [3.05, 3.63) is 59.7 Å². The first-order chi connectivity index (χ1) is 14.1. The van der Waals surface area contributed by atoms with E-state index < -0.39 is 0 Å². The van der Waals surface area contributed by atoms with E-state index in [4.69, 9.17) is 5.73 Å². The van der Waals surface area contributed by atoms with Gasteiger partial charge >= 0.3 is 0 Å². The monoisotopic (exact) mass is 392 g/mol. The van der Waals surface area contributed by atoms with Crippen LogP contribution in [-0.2, 0) is 16.0 Å². The number of rotatable bonds is 5. The van der Waals surface area contributed by atoms with Crippen molar-refractivity contribution in [1.82, 2.24) is 10.2 Å². The number of nitrogens with two attached hydrogens (primary N) is 1. The first-order valence-corrected chi connectivity index (χ1v) is 10.3. The number of amides is 2. The van der Waals surface area contributed by atoms with Gasteiger partial charge in [0.15, 0.2) is 0 Å². The smallest absolute Gasteiger partial charge is 0.234 e. The third kappa shape index (κ3) is 4.77. The molecule has 0 bridgehead atoms. The lowest BCUT2D eigenvalue weighted by molar-refractivity contribution is -0.134. The minimum absolute atomic E-state index is 0.169. The average Bonchev–Trinajstić information content (AvgIpc) is 2.74. The van der Waals surface area contributed by atoms with Crippen LogP contribution >= 0.6 is 0 Å². The number of nitrogens with one attached hydrogen (secondary N) is 1. The second-order valence-electron chi connectivity index (χ2n) is 7.92. The molecule has 6 heteroatoms. The molecule has 0 radical (unpaired) electrons. The maximum atomic E-state index is 12.1. The topological polar surface area (TPSA) is 78.7 Å². The second-order valence-corrected chi connectivity index (χ2v) is 7.92. The Bertz CT molecular complexity index is 855. The summed E-state index contributed by atoms with van der Waals surface area (Å²) in [5, 5.41) is 2.44. The molecule has 2 aliphatic rings. The fourth-order valence-electron chi connectivity index (χ4n) is 4.13. The lowest BCUT2D eigenvalue weighted by Crippen LogP contribution is -2.47. The lowest BCUT2D eigenvalue weighted by atomic mass is 9.90. The molecule has 0 saturated carbocycles. The molecule has 2 aromatic rings. The Hall–Kier alpha value is -2.86. The van der Waals surface area contributed by atoms with Crippen molar-refractivity contribution in [2.24, 2.45) is 0 Å². The minimum Gasteiger partial charge on any atom is -0.399 e. The molecule has 0 aromatic heterocycles. The van der Waals surface area contributed by atoms with Crippen molar-refractivity contribution in [3.8, 4) is 0 Å². The number of carbonyl (C=O) groups excluding carboxylic acids is 2. The molecule has 0 aliphatic carbocycles. The first-order valence-electron chi connectivity index (χ1n) is 10.3. The predicted molar refractivity (Wildman–Crippen MR) is 115 cm³/mol. The van der Waals surface area contributed by atoms with E-state index in [1.54, 1.807) is 0 Å². The van der Waals surface area contributed by atoms with Crippen LogP contribution in [0.15, 0.2) is 48.5 Å². The Morgan fingerprint density at radius 2 is 1.62 bits per heavy atom. The number of nitrogen functional groups attached to an aromatic ring is 1. The molecule has 152 valence electrons. The van der Waals surface area contributed by atoms with E-state index in [0.29, 0.717) is 12.8 Å². The fourth-order valence-corrected chi connectivity index (χ4v) is 4.13. The molecular weight excluding hydrogens is 364 g/mol. The number of benzene rings is 2. The molecule has 1 atom stereocenters. The van der Waals surface area contributed by atoms with Crippen molar-refractivity contribution in [2.75, 3.05) is 43.4 Å². The summed E-state index contributed by atoms with van der Waals surface area (Å²) in [6.07, 6.45) is 2.05. The molecule has 2 amide bonds. The number of anilines is 2. The number of imide groups is 1. The fraction of sp³-hybridized carbons (Fsp3) is 0.391. The molecule has 2 heterocycles. The number of hydrogen-bond acceptors (Lipinski definition) is 5. The van der Waals surface area contributed by atoms with Gasteiger partial charge in [0.05, 0.1) is 5.92 Å². The largest absolute Gasteiger partial charge is 0.399 e. The Kier molecular flexibility index (Phi) is 5.81. The van der Waals surface area contributed by atoms with Crippen LogP contribution < -0.4 is 16.0 Å². The van der Waals surface area contributed by atoms with E-state index in [2.05, 4.69) is 39.4 Å². The third-order valence-electron chi connectivity index (χ3n) is 5.97. The van der Waals surface area contributed by atoms with E-state index in [1.807, 2.05) is 24.3 Å². The molecule has 4 rings (SSSR count). The summed E-state index contributed by atoms with van der Waals surface area (Å²) < 4.78 is 0. The van der Waals surface area contributed by atoms with Gasteiger partial charge in [-0.3, -0.25) is 19.8 Å². The predicted octanol–water partition coefficient (Wildman–Crippen LogP) is 2.15. The van der Waals surface area contributed by atoms with Gasteiger partial charge in [-0.1, -0.05) is 24.3 Å². The van der Waals surface area contributed by atoms with Gasteiger partial charge in [-0.05, 0) is 48.2 Å². The molecule has 3 N–H and O–H groups in total. The lowest BCUT2D eigenvalue weighted by Gasteiger charge is -2.36. The highest BCUT2D eigenvalue weighted by Gasteiger charge is 2.28. The van der Waals surface area contributed by atoms with Gasteiger partial charge in [0.1, 0.15) is 0 Å². The minimum atomic E-state index is -0.216. The number of piperidine rings is 1. The molecule has 0 spiro atoms. The van der Waals surface area contributed by atoms with Gasteiger partial charge in [0, 0.05) is 50.5 Å². The highest BCUT2D eigenvalue weighted by Crippen LogP contribution is 2.27. The SMILES string of the molecule is Nc1ccc(CCN2CCN(c3ccc(C4CCC(=O)NC4=O)cc3)CC2)cc1. The molecule has 2 aliphatic heterocycles. The third-order valence-corrected chi connectivity index (χ3v) is 5.97. The van der Waals surface area contributed by atoms with Crippen molar-refractivity contribution in [3.63, 3.8) is 0 Å². The summed E-state index contributed by atoms with van der Waals surface area (Å²) in [5.41, 5.74) is 10.1. The Morgan fingerprint density at radius 3 is 2.28 bits per heavy atom. The van der Waals surface area contributed by atoms with Crippen LogP contribution in [-0.4, -0.2) is 49.4 Å². The standard InChI is InChI=1S/C23H28N4O2/c24-19-5-1-17(2-6-19)11-12-26-13-15-27(16-14-26)20-7-3-18(4-8-20)21-9-10-22(28)25-23(21)29/h1-8,21H,9-16,24H2,(H,25,28,29). The van der Waals surface area contributed by atoms with Gasteiger partial charge < -0.3 is 10.6 Å². The first kappa shape index (κ1) is 19.5. The van der Waals surface area contributed by atoms with E-state index in [9.17, 15) is 9.59 Å². The van der Waals surface area contributed by atoms with Gasteiger partial charge in [0.25, 0.3) is 0 Å². The number of hydrogen-bond donors (Lipinski definition) is 2. The van der Waals surface area contributed by atoms with Crippen LogP contribution in [0, 0.1) is 0 Å². The zero-order valence-electron chi connectivity index (χ0n) is 16.6. The Morgan fingerprint density at radius 1 is 0.931 bits per heavy atom. The summed E-state index contributed by atoms with van der Waals surface area (Å²) in [6.45, 7) is 5.15. The second kappa shape index (κ2) is 8.66. The molecule has 2 fully saturated rings. The van der Waals surface area contributed by atoms with Crippen LogP contribution in [0.1, 0.15) is 29.9 Å². The van der Waals surface area contributed by atoms with Crippen LogP contribution in [0.4, 0.5) is 11.4 Å². The highest BCUT2D eigenvalue weighted by atomic mass is 16.2. The van der Waals surface area contributed by atoms with Crippen molar-refractivity contribution < 1.29 is 9.59 Å². The molecule has 2 saturated heterocycles. The maximum Gasteiger partial charge on any atom is 0.234 e. The number of carbonyl (C=O) groups is 2. The number of nitrogens with zero attached hydrogens (tertiary/aromatic N) is 2. The van der Waals surface area contributed by atoms with Crippen LogP contribution in [0.5, 0.6) is 0 Å². The Labute approximate surface area is 171 Å². The summed E-state index contributed by atoms with van der Waals surface area (Å²) in [6, 6.07) is 16.4. The Balaban J connectivity index is 1.28. The zero-order chi connectivity index (χ0) is 20.2. The quantitative estimate of drug-likeness (QED) is 0.602. The zero-order valence-corrected chi connectivity index (χ0v) is 16.6. The molecule has 2 aromatic carbocycles. The highest BCUT2D eigenvalue weighted by molar-refractivity contribution is 6.00. The van der Waals surface area contributed by atoms with Crippen LogP contribution in [0.2, 0.25) is 0 Å². The maximum absolute atomic E-state index is 12.1. The molecule has 6 nitrogen and oxygen atoms in total. The molecular formula is C23H28N4O2.